The third-order valence-corrected chi connectivity index (χ3v) is 4.98. The third kappa shape index (κ3) is 8.52. The van der Waals surface area contributed by atoms with Gasteiger partial charge in [-0.15, -0.1) is 35.7 Å². The van der Waals surface area contributed by atoms with Crippen LogP contribution in [0.1, 0.15) is 18.2 Å². The first-order valence-corrected chi connectivity index (χ1v) is 9.61. The average Bonchev–Trinajstić information content (AvgIpc) is 3.15. The molecule has 1 aromatic heterocycles. The smallest absolute Gasteiger partial charge is 0.191 e. The SMILES string of the molecule is CN=C(NCCCSc1ccc(F)cc1)NCC(c1ccco1)N(C)C.I. The zero-order valence-corrected chi connectivity index (χ0v) is 19.1. The summed E-state index contributed by atoms with van der Waals surface area (Å²) in [4.78, 5) is 7.46. The molecule has 0 amide bonds. The Morgan fingerprint density at radius 3 is 2.56 bits per heavy atom. The van der Waals surface area contributed by atoms with Crippen LogP contribution in [0.15, 0.2) is 57.0 Å². The van der Waals surface area contributed by atoms with Crippen molar-refractivity contribution in [1.29, 1.82) is 0 Å². The number of likely N-dealkylation sites (N-methyl/N-ethyl adjacent to an activating group) is 1. The fourth-order valence-corrected chi connectivity index (χ4v) is 3.29. The highest BCUT2D eigenvalue weighted by atomic mass is 127. The molecule has 0 aliphatic heterocycles. The van der Waals surface area contributed by atoms with Gasteiger partial charge in [-0.2, -0.15) is 0 Å². The van der Waals surface area contributed by atoms with E-state index in [1.165, 1.54) is 12.1 Å². The van der Waals surface area contributed by atoms with Crippen molar-refractivity contribution in [3.05, 3.63) is 54.2 Å². The quantitative estimate of drug-likeness (QED) is 0.177. The lowest BCUT2D eigenvalue weighted by Gasteiger charge is -2.23. The molecule has 150 valence electrons. The molecule has 1 unspecified atom stereocenters. The zero-order chi connectivity index (χ0) is 18.8. The summed E-state index contributed by atoms with van der Waals surface area (Å²) in [6.45, 7) is 1.52. The van der Waals surface area contributed by atoms with Gasteiger partial charge >= 0.3 is 0 Å². The number of nitrogens with one attached hydrogen (secondary N) is 2. The van der Waals surface area contributed by atoms with E-state index in [2.05, 4.69) is 20.5 Å². The molecule has 2 aromatic rings. The Balaban J connectivity index is 0.00000364. The number of guanidine groups is 1. The molecular formula is C19H28FIN4OS. The number of aliphatic imine (C=N–C) groups is 1. The fourth-order valence-electron chi connectivity index (χ4n) is 2.43. The predicted molar refractivity (Wildman–Crippen MR) is 122 cm³/mol. The maximum atomic E-state index is 12.9. The molecule has 27 heavy (non-hydrogen) atoms. The van der Waals surface area contributed by atoms with Crippen molar-refractivity contribution in [2.75, 3.05) is 40.0 Å². The summed E-state index contributed by atoms with van der Waals surface area (Å²) >= 11 is 1.72. The minimum absolute atomic E-state index is 0. The zero-order valence-electron chi connectivity index (χ0n) is 15.9. The molecule has 8 heteroatoms. The normalized spacial score (nSPS) is 12.6. The maximum absolute atomic E-state index is 12.9. The topological polar surface area (TPSA) is 52.8 Å². The summed E-state index contributed by atoms with van der Waals surface area (Å²) in [6.07, 6.45) is 2.68. The first-order valence-electron chi connectivity index (χ1n) is 8.63. The lowest BCUT2D eigenvalue weighted by molar-refractivity contribution is 0.258. The minimum Gasteiger partial charge on any atom is -0.468 e. The van der Waals surface area contributed by atoms with Gasteiger partial charge in [0, 0.05) is 25.0 Å². The number of nitrogens with zero attached hydrogens (tertiary/aromatic N) is 2. The van der Waals surface area contributed by atoms with Crippen LogP contribution in [-0.4, -0.2) is 50.8 Å². The highest BCUT2D eigenvalue weighted by molar-refractivity contribution is 14.0. The third-order valence-electron chi connectivity index (χ3n) is 3.88. The van der Waals surface area contributed by atoms with E-state index < -0.39 is 0 Å². The number of benzene rings is 1. The van der Waals surface area contributed by atoms with Crippen LogP contribution in [0.4, 0.5) is 4.39 Å². The number of hydrogen-bond donors (Lipinski definition) is 2. The Morgan fingerprint density at radius 1 is 1.22 bits per heavy atom. The molecule has 0 bridgehead atoms. The highest BCUT2D eigenvalue weighted by Crippen LogP contribution is 2.19. The van der Waals surface area contributed by atoms with Gasteiger partial charge in [0.15, 0.2) is 5.96 Å². The summed E-state index contributed by atoms with van der Waals surface area (Å²) in [5, 5.41) is 6.66. The number of thioether (sulfide) groups is 1. The molecule has 5 nitrogen and oxygen atoms in total. The van der Waals surface area contributed by atoms with Crippen LogP contribution in [0.3, 0.4) is 0 Å². The molecule has 0 spiro atoms. The monoisotopic (exact) mass is 506 g/mol. The van der Waals surface area contributed by atoms with Gasteiger partial charge in [-0.1, -0.05) is 0 Å². The van der Waals surface area contributed by atoms with Gasteiger partial charge < -0.3 is 15.1 Å². The standard InChI is InChI=1S/C19H27FN4OS.HI/c1-21-19(23-14-17(24(2)3)18-6-4-12-25-18)22-11-5-13-26-16-9-7-15(20)8-10-16;/h4,6-10,12,17H,5,11,13-14H2,1-3H3,(H2,21,22,23);1H. The molecule has 0 saturated heterocycles. The molecular weight excluding hydrogens is 478 g/mol. The van der Waals surface area contributed by atoms with Gasteiger partial charge in [0.25, 0.3) is 0 Å². The van der Waals surface area contributed by atoms with Crippen LogP contribution in [-0.2, 0) is 0 Å². The van der Waals surface area contributed by atoms with Crippen molar-refractivity contribution in [2.45, 2.75) is 17.4 Å². The van der Waals surface area contributed by atoms with Crippen LogP contribution < -0.4 is 10.6 Å². The summed E-state index contributed by atoms with van der Waals surface area (Å²) in [5.41, 5.74) is 0. The lowest BCUT2D eigenvalue weighted by atomic mass is 10.2. The molecule has 0 fully saturated rings. The molecule has 0 radical (unpaired) electrons. The van der Waals surface area contributed by atoms with E-state index in [1.54, 1.807) is 25.1 Å². The van der Waals surface area contributed by atoms with Gasteiger partial charge in [-0.25, -0.2) is 4.39 Å². The van der Waals surface area contributed by atoms with Crippen LogP contribution in [0, 0.1) is 5.82 Å². The fraction of sp³-hybridized carbons (Fsp3) is 0.421. The minimum atomic E-state index is -0.198. The van der Waals surface area contributed by atoms with Crippen molar-refractivity contribution in [1.82, 2.24) is 15.5 Å². The molecule has 0 aliphatic carbocycles. The highest BCUT2D eigenvalue weighted by Gasteiger charge is 2.17. The lowest BCUT2D eigenvalue weighted by Crippen LogP contribution is -2.42. The first kappa shape index (κ1) is 23.8. The van der Waals surface area contributed by atoms with Crippen LogP contribution in [0.5, 0.6) is 0 Å². The van der Waals surface area contributed by atoms with Crippen molar-refractivity contribution in [3.8, 4) is 0 Å². The Bertz CT molecular complexity index is 665. The van der Waals surface area contributed by atoms with Crippen molar-refractivity contribution in [3.63, 3.8) is 0 Å². The van der Waals surface area contributed by atoms with Crippen LogP contribution in [0.2, 0.25) is 0 Å². The Kier molecular flexibility index (Phi) is 11.5. The number of furan rings is 1. The van der Waals surface area contributed by atoms with E-state index in [1.807, 2.05) is 38.4 Å². The van der Waals surface area contributed by atoms with E-state index in [0.717, 1.165) is 35.3 Å². The van der Waals surface area contributed by atoms with Crippen molar-refractivity contribution < 1.29 is 8.81 Å². The number of halogens is 2. The van der Waals surface area contributed by atoms with Gasteiger partial charge in [0.1, 0.15) is 11.6 Å². The second-order valence-corrected chi connectivity index (χ2v) is 7.20. The number of hydrogen-bond acceptors (Lipinski definition) is 4. The van der Waals surface area contributed by atoms with E-state index in [-0.39, 0.29) is 35.8 Å². The second kappa shape index (κ2) is 13.0. The van der Waals surface area contributed by atoms with E-state index in [0.29, 0.717) is 6.54 Å². The first-order chi connectivity index (χ1) is 12.6. The molecule has 2 N–H and O–H groups in total. The van der Waals surface area contributed by atoms with E-state index in [4.69, 9.17) is 4.42 Å². The Morgan fingerprint density at radius 2 is 1.96 bits per heavy atom. The van der Waals surface area contributed by atoms with Gasteiger partial charge in [0.05, 0.1) is 12.3 Å². The summed E-state index contributed by atoms with van der Waals surface area (Å²) < 4.78 is 18.4. The predicted octanol–water partition coefficient (Wildman–Crippen LogP) is 3.99. The Hall–Kier alpha value is -1.26. The molecule has 0 saturated carbocycles. The maximum Gasteiger partial charge on any atom is 0.191 e. The van der Waals surface area contributed by atoms with Crippen LogP contribution >= 0.6 is 35.7 Å². The second-order valence-electron chi connectivity index (χ2n) is 6.03. The van der Waals surface area contributed by atoms with Gasteiger partial charge in [-0.3, -0.25) is 9.89 Å². The number of rotatable bonds is 9. The van der Waals surface area contributed by atoms with Crippen LogP contribution in [0.25, 0.3) is 0 Å². The Labute approximate surface area is 182 Å². The van der Waals surface area contributed by atoms with E-state index >= 15 is 0 Å². The van der Waals surface area contributed by atoms with Gasteiger partial charge in [-0.05, 0) is 62.7 Å². The molecule has 1 atom stereocenters. The average molecular weight is 506 g/mol. The largest absolute Gasteiger partial charge is 0.468 e. The van der Waals surface area contributed by atoms with Gasteiger partial charge in [0.2, 0.25) is 0 Å². The molecule has 1 aromatic carbocycles. The molecule has 0 aliphatic rings. The van der Waals surface area contributed by atoms with Crippen molar-refractivity contribution in [2.24, 2.45) is 4.99 Å². The van der Waals surface area contributed by atoms with Crippen molar-refractivity contribution >= 4 is 41.7 Å². The molecule has 1 heterocycles. The summed E-state index contributed by atoms with van der Waals surface area (Å²) in [6, 6.07) is 10.6. The summed E-state index contributed by atoms with van der Waals surface area (Å²) in [7, 11) is 5.82. The van der Waals surface area contributed by atoms with E-state index in [9.17, 15) is 4.39 Å². The summed E-state index contributed by atoms with van der Waals surface area (Å²) in [5.74, 6) is 2.46. The molecule has 2 rings (SSSR count).